The maximum absolute atomic E-state index is 11.9. The van der Waals surface area contributed by atoms with Crippen LogP contribution in [0.3, 0.4) is 0 Å². The number of aryl methyl sites for hydroxylation is 1. The lowest BCUT2D eigenvalue weighted by Crippen LogP contribution is -2.35. The van der Waals surface area contributed by atoms with Crippen LogP contribution in [0.5, 0.6) is 5.75 Å². The molecule has 0 saturated heterocycles. The summed E-state index contributed by atoms with van der Waals surface area (Å²) in [5.74, 6) is -0.886. The molecule has 1 amide bonds. The molecule has 21 heavy (non-hydrogen) atoms. The number of rotatable bonds is 6. The van der Waals surface area contributed by atoms with Crippen molar-refractivity contribution in [3.8, 4) is 5.75 Å². The summed E-state index contributed by atoms with van der Waals surface area (Å²) in [5.41, 5.74) is 1.75. The number of benzene rings is 1. The van der Waals surface area contributed by atoms with Crippen LogP contribution in [0.25, 0.3) is 0 Å². The Kier molecular flexibility index (Phi) is 5.96. The number of likely N-dealkylation sites (N-methyl/N-ethyl adjacent to an activating group) is 1. The van der Waals surface area contributed by atoms with Crippen molar-refractivity contribution in [2.45, 2.75) is 20.8 Å². The van der Waals surface area contributed by atoms with Crippen molar-refractivity contribution < 1.29 is 19.4 Å². The summed E-state index contributed by atoms with van der Waals surface area (Å²) in [6, 6.07) is 4.49. The van der Waals surface area contributed by atoms with Crippen molar-refractivity contribution in [2.24, 2.45) is 0 Å². The molecule has 0 aliphatic heterocycles. The Labute approximate surface area is 124 Å². The van der Waals surface area contributed by atoms with Crippen LogP contribution < -0.4 is 0 Å². The SMILES string of the molecule is C=C(C)CN(CC)C(=O)COC(=O)c1ccc(C)c(O)c1. The lowest BCUT2D eigenvalue weighted by atomic mass is 10.1. The summed E-state index contributed by atoms with van der Waals surface area (Å²) in [6.45, 7) is 9.80. The van der Waals surface area contributed by atoms with Gasteiger partial charge in [-0.1, -0.05) is 18.2 Å². The Morgan fingerprint density at radius 2 is 2.05 bits per heavy atom. The van der Waals surface area contributed by atoms with Crippen LogP contribution in [0.15, 0.2) is 30.4 Å². The number of phenolic OH excluding ortho intramolecular Hbond substituents is 1. The van der Waals surface area contributed by atoms with Crippen LogP contribution in [0.1, 0.15) is 29.8 Å². The number of esters is 1. The zero-order valence-corrected chi connectivity index (χ0v) is 12.7. The van der Waals surface area contributed by atoms with E-state index in [2.05, 4.69) is 6.58 Å². The van der Waals surface area contributed by atoms with Crippen LogP contribution in [-0.4, -0.2) is 41.6 Å². The third kappa shape index (κ3) is 4.95. The van der Waals surface area contributed by atoms with E-state index in [0.29, 0.717) is 18.7 Å². The van der Waals surface area contributed by atoms with Gasteiger partial charge in [0.05, 0.1) is 5.56 Å². The number of hydrogen-bond acceptors (Lipinski definition) is 4. The molecule has 1 N–H and O–H groups in total. The minimum atomic E-state index is -0.634. The highest BCUT2D eigenvalue weighted by Gasteiger charge is 2.15. The van der Waals surface area contributed by atoms with Crippen molar-refractivity contribution >= 4 is 11.9 Å². The quantitative estimate of drug-likeness (QED) is 0.645. The standard InChI is InChI=1S/C16H21NO4/c1-5-17(9-11(2)3)15(19)10-21-16(20)13-7-6-12(4)14(18)8-13/h6-8,18H,2,5,9-10H2,1,3-4H3. The van der Waals surface area contributed by atoms with E-state index in [9.17, 15) is 14.7 Å². The first-order chi connectivity index (χ1) is 9.85. The van der Waals surface area contributed by atoms with Crippen molar-refractivity contribution in [3.63, 3.8) is 0 Å². The number of carbonyl (C=O) groups is 2. The first-order valence-electron chi connectivity index (χ1n) is 6.74. The van der Waals surface area contributed by atoms with E-state index < -0.39 is 5.97 Å². The van der Waals surface area contributed by atoms with Crippen LogP contribution >= 0.6 is 0 Å². The van der Waals surface area contributed by atoms with Gasteiger partial charge in [0.2, 0.25) is 0 Å². The Hall–Kier alpha value is -2.30. The third-order valence-corrected chi connectivity index (χ3v) is 2.97. The molecule has 0 bridgehead atoms. The second-order valence-electron chi connectivity index (χ2n) is 4.94. The van der Waals surface area contributed by atoms with Crippen LogP contribution in [0, 0.1) is 6.92 Å². The maximum atomic E-state index is 11.9. The maximum Gasteiger partial charge on any atom is 0.338 e. The monoisotopic (exact) mass is 291 g/mol. The van der Waals surface area contributed by atoms with Gasteiger partial charge in [0.25, 0.3) is 5.91 Å². The molecule has 1 aromatic carbocycles. The topological polar surface area (TPSA) is 66.8 Å². The zero-order valence-electron chi connectivity index (χ0n) is 12.7. The first kappa shape index (κ1) is 16.8. The zero-order chi connectivity index (χ0) is 16.0. The molecule has 0 saturated carbocycles. The average Bonchev–Trinajstić information content (AvgIpc) is 2.44. The Bertz CT molecular complexity index is 551. The van der Waals surface area contributed by atoms with E-state index in [0.717, 1.165) is 5.57 Å². The summed E-state index contributed by atoms with van der Waals surface area (Å²) in [4.78, 5) is 25.3. The molecular weight excluding hydrogens is 270 g/mol. The normalized spacial score (nSPS) is 10.0. The van der Waals surface area contributed by atoms with E-state index >= 15 is 0 Å². The van der Waals surface area contributed by atoms with Gasteiger partial charge in [0.1, 0.15) is 5.75 Å². The smallest absolute Gasteiger partial charge is 0.338 e. The fourth-order valence-electron chi connectivity index (χ4n) is 1.74. The minimum absolute atomic E-state index is 0.0215. The molecule has 1 rings (SSSR count). The number of carbonyl (C=O) groups excluding carboxylic acids is 2. The number of phenols is 1. The Morgan fingerprint density at radius 1 is 1.38 bits per heavy atom. The number of ether oxygens (including phenoxy) is 1. The number of nitrogens with zero attached hydrogens (tertiary/aromatic N) is 1. The fourth-order valence-corrected chi connectivity index (χ4v) is 1.74. The Morgan fingerprint density at radius 3 is 2.57 bits per heavy atom. The lowest BCUT2D eigenvalue weighted by molar-refractivity contribution is -0.133. The van der Waals surface area contributed by atoms with E-state index in [4.69, 9.17) is 4.74 Å². The number of amides is 1. The largest absolute Gasteiger partial charge is 0.508 e. The van der Waals surface area contributed by atoms with Crippen LogP contribution in [0.4, 0.5) is 0 Å². The van der Waals surface area contributed by atoms with E-state index in [1.807, 2.05) is 13.8 Å². The highest BCUT2D eigenvalue weighted by molar-refractivity contribution is 5.91. The molecule has 5 nitrogen and oxygen atoms in total. The summed E-state index contributed by atoms with van der Waals surface area (Å²) < 4.78 is 4.98. The highest BCUT2D eigenvalue weighted by atomic mass is 16.5. The second kappa shape index (κ2) is 7.47. The van der Waals surface area contributed by atoms with Crippen molar-refractivity contribution in [1.29, 1.82) is 0 Å². The van der Waals surface area contributed by atoms with Gasteiger partial charge in [-0.05, 0) is 38.5 Å². The molecule has 0 atom stereocenters. The van der Waals surface area contributed by atoms with E-state index in [-0.39, 0.29) is 23.8 Å². The molecule has 0 heterocycles. The van der Waals surface area contributed by atoms with Crippen molar-refractivity contribution in [3.05, 3.63) is 41.5 Å². The molecule has 5 heteroatoms. The summed E-state index contributed by atoms with van der Waals surface area (Å²) in [5, 5.41) is 9.56. The summed E-state index contributed by atoms with van der Waals surface area (Å²) in [6.07, 6.45) is 0. The number of hydrogen-bond donors (Lipinski definition) is 1. The molecule has 1 aromatic rings. The van der Waals surface area contributed by atoms with Crippen LogP contribution in [-0.2, 0) is 9.53 Å². The van der Waals surface area contributed by atoms with Gasteiger partial charge in [-0.25, -0.2) is 4.79 Å². The van der Waals surface area contributed by atoms with Gasteiger partial charge in [-0.15, -0.1) is 0 Å². The van der Waals surface area contributed by atoms with Gasteiger partial charge in [0.15, 0.2) is 6.61 Å². The second-order valence-corrected chi connectivity index (χ2v) is 4.94. The summed E-state index contributed by atoms with van der Waals surface area (Å²) >= 11 is 0. The molecule has 0 aliphatic carbocycles. The average molecular weight is 291 g/mol. The molecule has 0 unspecified atom stereocenters. The molecular formula is C16H21NO4. The van der Waals surface area contributed by atoms with Gasteiger partial charge in [0, 0.05) is 13.1 Å². The molecule has 0 fully saturated rings. The van der Waals surface area contributed by atoms with Gasteiger partial charge in [-0.3, -0.25) is 4.79 Å². The predicted molar refractivity (Wildman–Crippen MR) is 80.2 cm³/mol. The van der Waals surface area contributed by atoms with E-state index in [1.165, 1.54) is 6.07 Å². The molecule has 0 aromatic heterocycles. The molecule has 114 valence electrons. The van der Waals surface area contributed by atoms with Gasteiger partial charge >= 0.3 is 5.97 Å². The first-order valence-corrected chi connectivity index (χ1v) is 6.74. The summed E-state index contributed by atoms with van der Waals surface area (Å²) in [7, 11) is 0. The van der Waals surface area contributed by atoms with Gasteiger partial charge in [-0.2, -0.15) is 0 Å². The van der Waals surface area contributed by atoms with E-state index in [1.54, 1.807) is 24.0 Å². The minimum Gasteiger partial charge on any atom is -0.508 e. The molecule has 0 spiro atoms. The third-order valence-electron chi connectivity index (χ3n) is 2.97. The van der Waals surface area contributed by atoms with Gasteiger partial charge < -0.3 is 14.7 Å². The molecule has 0 radical (unpaired) electrons. The predicted octanol–water partition coefficient (Wildman–Crippen LogP) is 2.28. The lowest BCUT2D eigenvalue weighted by Gasteiger charge is -2.20. The van der Waals surface area contributed by atoms with Crippen molar-refractivity contribution in [2.75, 3.05) is 19.7 Å². The fraction of sp³-hybridized carbons (Fsp3) is 0.375. The molecule has 0 aliphatic rings. The van der Waals surface area contributed by atoms with Crippen molar-refractivity contribution in [1.82, 2.24) is 4.90 Å². The number of aromatic hydroxyl groups is 1. The van der Waals surface area contributed by atoms with Crippen LogP contribution in [0.2, 0.25) is 0 Å². The Balaban J connectivity index is 2.61. The highest BCUT2D eigenvalue weighted by Crippen LogP contribution is 2.17.